The van der Waals surface area contributed by atoms with E-state index < -0.39 is 30.1 Å². The molecule has 0 bridgehead atoms. The molecule has 1 fully saturated rings. The Balaban J connectivity index is 2.37. The van der Waals surface area contributed by atoms with Crippen molar-refractivity contribution in [2.45, 2.75) is 25.0 Å². The Labute approximate surface area is 108 Å². The number of carboxylic acids is 1. The van der Waals surface area contributed by atoms with Crippen LogP contribution in [0.1, 0.15) is 12.8 Å². The Hall–Kier alpha value is -2.16. The predicted molar refractivity (Wildman–Crippen MR) is 61.1 cm³/mol. The first-order valence-corrected chi connectivity index (χ1v) is 5.57. The molecule has 9 nitrogen and oxygen atoms in total. The van der Waals surface area contributed by atoms with Gasteiger partial charge in [-0.1, -0.05) is 0 Å². The standard InChI is InChI=1S/C10H15N3O6/c1-19-6(9(16)17)4-11-10(18)12-5-2-3-7(14)13-8(5)15/h5-6H,2-4H2,1H3,(H,16,17)(H2,11,12,18)(H,13,14,15). The molecule has 0 aromatic heterocycles. The fourth-order valence-corrected chi connectivity index (χ4v) is 1.50. The molecule has 2 atom stereocenters. The number of ether oxygens (including phenoxy) is 1. The van der Waals surface area contributed by atoms with Crippen LogP contribution in [0.2, 0.25) is 0 Å². The Morgan fingerprint density at radius 3 is 2.74 bits per heavy atom. The van der Waals surface area contributed by atoms with E-state index in [1.165, 1.54) is 7.11 Å². The number of aliphatic carboxylic acids is 1. The van der Waals surface area contributed by atoms with Crippen LogP contribution in [0.3, 0.4) is 0 Å². The zero-order valence-electron chi connectivity index (χ0n) is 10.3. The first kappa shape index (κ1) is 14.9. The number of urea groups is 1. The number of methoxy groups -OCH3 is 1. The van der Waals surface area contributed by atoms with Gasteiger partial charge in [-0.05, 0) is 6.42 Å². The molecule has 1 heterocycles. The minimum atomic E-state index is -1.20. The predicted octanol–water partition coefficient (Wildman–Crippen LogP) is -1.81. The molecule has 0 aromatic rings. The summed E-state index contributed by atoms with van der Waals surface area (Å²) in [6.45, 7) is -0.231. The normalized spacial score (nSPS) is 20.4. The van der Waals surface area contributed by atoms with Gasteiger partial charge in [0.15, 0.2) is 6.10 Å². The van der Waals surface area contributed by atoms with Crippen molar-refractivity contribution in [3.63, 3.8) is 0 Å². The van der Waals surface area contributed by atoms with E-state index in [1.807, 2.05) is 0 Å². The number of nitrogens with one attached hydrogen (secondary N) is 3. The van der Waals surface area contributed by atoms with E-state index in [1.54, 1.807) is 0 Å². The van der Waals surface area contributed by atoms with Crippen molar-refractivity contribution in [1.29, 1.82) is 0 Å². The van der Waals surface area contributed by atoms with Crippen LogP contribution in [0.5, 0.6) is 0 Å². The van der Waals surface area contributed by atoms with E-state index in [-0.39, 0.29) is 25.3 Å². The number of rotatable bonds is 5. The van der Waals surface area contributed by atoms with Gasteiger partial charge in [-0.2, -0.15) is 0 Å². The number of imide groups is 1. The third-order valence-corrected chi connectivity index (χ3v) is 2.55. The second-order valence-corrected chi connectivity index (χ2v) is 3.92. The first-order chi connectivity index (χ1) is 8.93. The fraction of sp³-hybridized carbons (Fsp3) is 0.600. The third kappa shape index (κ3) is 4.54. The van der Waals surface area contributed by atoms with Crippen LogP contribution in [0.25, 0.3) is 0 Å². The Morgan fingerprint density at radius 2 is 2.21 bits per heavy atom. The third-order valence-electron chi connectivity index (χ3n) is 2.55. The van der Waals surface area contributed by atoms with Gasteiger partial charge in [0.1, 0.15) is 6.04 Å². The number of carbonyl (C=O) groups is 4. The largest absolute Gasteiger partial charge is 0.479 e. The maximum Gasteiger partial charge on any atom is 0.334 e. The molecule has 1 aliphatic heterocycles. The van der Waals surface area contributed by atoms with E-state index >= 15 is 0 Å². The number of hydrogen-bond donors (Lipinski definition) is 4. The molecule has 19 heavy (non-hydrogen) atoms. The summed E-state index contributed by atoms with van der Waals surface area (Å²) in [5, 5.41) is 15.4. The van der Waals surface area contributed by atoms with Gasteiger partial charge in [0.2, 0.25) is 11.8 Å². The SMILES string of the molecule is COC(CNC(=O)NC1CCC(=O)NC1=O)C(=O)O. The highest BCUT2D eigenvalue weighted by Gasteiger charge is 2.28. The summed E-state index contributed by atoms with van der Waals surface area (Å²) < 4.78 is 4.62. The van der Waals surface area contributed by atoms with Crippen LogP contribution < -0.4 is 16.0 Å². The number of carboxylic acid groups (broad SMARTS) is 1. The van der Waals surface area contributed by atoms with Crippen molar-refractivity contribution in [2.24, 2.45) is 0 Å². The van der Waals surface area contributed by atoms with Crippen LogP contribution in [0, 0.1) is 0 Å². The van der Waals surface area contributed by atoms with Gasteiger partial charge in [0.05, 0.1) is 6.54 Å². The Morgan fingerprint density at radius 1 is 1.53 bits per heavy atom. The molecule has 106 valence electrons. The van der Waals surface area contributed by atoms with E-state index in [9.17, 15) is 19.2 Å². The lowest BCUT2D eigenvalue weighted by atomic mass is 10.1. The maximum atomic E-state index is 11.4. The highest BCUT2D eigenvalue weighted by atomic mass is 16.5. The average Bonchev–Trinajstić information content (AvgIpc) is 2.33. The van der Waals surface area contributed by atoms with Crippen molar-refractivity contribution in [3.05, 3.63) is 0 Å². The summed E-state index contributed by atoms with van der Waals surface area (Å²) in [7, 11) is 1.21. The van der Waals surface area contributed by atoms with Crippen molar-refractivity contribution in [1.82, 2.24) is 16.0 Å². The highest BCUT2D eigenvalue weighted by Crippen LogP contribution is 2.03. The lowest BCUT2D eigenvalue weighted by Crippen LogP contribution is -2.55. The van der Waals surface area contributed by atoms with Crippen LogP contribution in [-0.4, -0.2) is 54.7 Å². The second kappa shape index (κ2) is 6.69. The van der Waals surface area contributed by atoms with E-state index in [2.05, 4.69) is 20.7 Å². The summed E-state index contributed by atoms with van der Waals surface area (Å²) in [6.07, 6.45) is -0.801. The molecule has 0 radical (unpaired) electrons. The molecular formula is C10H15N3O6. The summed E-state index contributed by atoms with van der Waals surface area (Å²) in [6, 6.07) is -1.50. The van der Waals surface area contributed by atoms with Gasteiger partial charge in [0.25, 0.3) is 0 Å². The molecular weight excluding hydrogens is 258 g/mol. The van der Waals surface area contributed by atoms with Gasteiger partial charge in [-0.15, -0.1) is 0 Å². The quantitative estimate of drug-likeness (QED) is 0.436. The lowest BCUT2D eigenvalue weighted by Gasteiger charge is -2.22. The van der Waals surface area contributed by atoms with Crippen molar-refractivity contribution >= 4 is 23.8 Å². The molecule has 1 saturated heterocycles. The summed E-state index contributed by atoms with van der Waals surface area (Å²) in [4.78, 5) is 44.3. The zero-order chi connectivity index (χ0) is 14.4. The van der Waals surface area contributed by atoms with Gasteiger partial charge >= 0.3 is 12.0 Å². The van der Waals surface area contributed by atoms with Crippen LogP contribution in [-0.2, 0) is 19.1 Å². The van der Waals surface area contributed by atoms with Gasteiger partial charge in [0, 0.05) is 13.5 Å². The minimum Gasteiger partial charge on any atom is -0.479 e. The molecule has 0 aromatic carbocycles. The van der Waals surface area contributed by atoms with Crippen molar-refractivity contribution in [2.75, 3.05) is 13.7 Å². The van der Waals surface area contributed by atoms with E-state index in [0.717, 1.165) is 0 Å². The fourth-order valence-electron chi connectivity index (χ4n) is 1.50. The molecule has 1 rings (SSSR count). The Kier molecular flexibility index (Phi) is 5.24. The summed E-state index contributed by atoms with van der Waals surface area (Å²) >= 11 is 0. The monoisotopic (exact) mass is 273 g/mol. The minimum absolute atomic E-state index is 0.145. The molecule has 4 N–H and O–H groups in total. The summed E-state index contributed by atoms with van der Waals surface area (Å²) in [5.41, 5.74) is 0. The average molecular weight is 273 g/mol. The molecule has 2 unspecified atom stereocenters. The van der Waals surface area contributed by atoms with Crippen LogP contribution >= 0.6 is 0 Å². The van der Waals surface area contributed by atoms with Crippen molar-refractivity contribution < 1.29 is 29.0 Å². The van der Waals surface area contributed by atoms with E-state index in [4.69, 9.17) is 5.11 Å². The van der Waals surface area contributed by atoms with Gasteiger partial charge in [-0.3, -0.25) is 14.9 Å². The topological polar surface area (TPSA) is 134 Å². The zero-order valence-corrected chi connectivity index (χ0v) is 10.3. The van der Waals surface area contributed by atoms with Crippen LogP contribution in [0.15, 0.2) is 0 Å². The smallest absolute Gasteiger partial charge is 0.334 e. The molecule has 0 spiro atoms. The molecule has 9 heteroatoms. The Bertz CT molecular complexity index is 397. The van der Waals surface area contributed by atoms with Gasteiger partial charge < -0.3 is 20.5 Å². The second-order valence-electron chi connectivity index (χ2n) is 3.92. The van der Waals surface area contributed by atoms with Crippen LogP contribution in [0.4, 0.5) is 4.79 Å². The molecule has 1 aliphatic rings. The van der Waals surface area contributed by atoms with Gasteiger partial charge in [-0.25, -0.2) is 9.59 Å². The lowest BCUT2D eigenvalue weighted by molar-refractivity contribution is -0.148. The number of amides is 4. The number of hydrogen-bond acceptors (Lipinski definition) is 5. The van der Waals surface area contributed by atoms with E-state index in [0.29, 0.717) is 0 Å². The molecule has 0 saturated carbocycles. The van der Waals surface area contributed by atoms with Crippen molar-refractivity contribution in [3.8, 4) is 0 Å². The highest BCUT2D eigenvalue weighted by molar-refractivity contribution is 6.01. The first-order valence-electron chi connectivity index (χ1n) is 5.57. The molecule has 4 amide bonds. The molecule has 0 aliphatic carbocycles. The maximum absolute atomic E-state index is 11.4. The number of carbonyl (C=O) groups excluding carboxylic acids is 3. The number of piperidine rings is 1. The summed E-state index contributed by atoms with van der Waals surface area (Å²) in [5.74, 6) is -2.16.